The van der Waals surface area contributed by atoms with Crippen molar-refractivity contribution in [1.29, 1.82) is 0 Å². The number of fused-ring (bicyclic) bond motifs is 1. The quantitative estimate of drug-likeness (QED) is 0.669. The summed E-state index contributed by atoms with van der Waals surface area (Å²) >= 11 is 7.66. The first-order valence-corrected chi connectivity index (χ1v) is 11.0. The molecule has 1 aliphatic carbocycles. The fourth-order valence-corrected chi connectivity index (χ4v) is 5.33. The van der Waals surface area contributed by atoms with E-state index in [0.717, 1.165) is 29.7 Å². The first-order chi connectivity index (χ1) is 13.6. The molecule has 156 valence electrons. The van der Waals surface area contributed by atoms with E-state index in [0.29, 0.717) is 39.4 Å². The van der Waals surface area contributed by atoms with Gasteiger partial charge in [-0.1, -0.05) is 32.4 Å². The standard InChI is InChI=1S/C22H27ClN2O3S/c1-5-28-16-9-6-12(10-15(16)23)20(27)25-21-18(19(24)26)14-8-7-13(22(2,3)4)11-17(14)29-21/h6,9-10,13H,5,7-8,11H2,1-4H3,(H2,24,26)(H,25,27). The van der Waals surface area contributed by atoms with Gasteiger partial charge in [-0.05, 0) is 61.3 Å². The smallest absolute Gasteiger partial charge is 0.256 e. The van der Waals surface area contributed by atoms with Crippen molar-refractivity contribution in [1.82, 2.24) is 0 Å². The second kappa shape index (κ2) is 8.36. The highest BCUT2D eigenvalue weighted by Gasteiger charge is 2.33. The Balaban J connectivity index is 1.88. The molecule has 1 aromatic carbocycles. The second-order valence-electron chi connectivity index (χ2n) is 8.41. The molecule has 29 heavy (non-hydrogen) atoms. The number of halogens is 1. The Morgan fingerprint density at radius 3 is 2.66 bits per heavy atom. The largest absolute Gasteiger partial charge is 0.492 e. The number of ether oxygens (including phenoxy) is 1. The summed E-state index contributed by atoms with van der Waals surface area (Å²) in [6.07, 6.45) is 2.71. The van der Waals surface area contributed by atoms with Crippen molar-refractivity contribution in [3.63, 3.8) is 0 Å². The third-order valence-corrected chi connectivity index (χ3v) is 6.92. The van der Waals surface area contributed by atoms with Crippen LogP contribution >= 0.6 is 22.9 Å². The van der Waals surface area contributed by atoms with Gasteiger partial charge in [0.1, 0.15) is 10.8 Å². The second-order valence-corrected chi connectivity index (χ2v) is 9.92. The summed E-state index contributed by atoms with van der Waals surface area (Å²) in [6, 6.07) is 4.89. The third-order valence-electron chi connectivity index (χ3n) is 5.46. The zero-order valence-corrected chi connectivity index (χ0v) is 18.8. The van der Waals surface area contributed by atoms with Crippen LogP contribution in [0.3, 0.4) is 0 Å². The van der Waals surface area contributed by atoms with Gasteiger partial charge in [-0.3, -0.25) is 9.59 Å². The van der Waals surface area contributed by atoms with Gasteiger partial charge in [-0.25, -0.2) is 0 Å². The van der Waals surface area contributed by atoms with Crippen LogP contribution in [-0.2, 0) is 12.8 Å². The van der Waals surface area contributed by atoms with Crippen molar-refractivity contribution in [2.75, 3.05) is 11.9 Å². The molecule has 0 saturated carbocycles. The highest BCUT2D eigenvalue weighted by molar-refractivity contribution is 7.17. The number of nitrogens with one attached hydrogen (secondary N) is 1. The summed E-state index contributed by atoms with van der Waals surface area (Å²) in [4.78, 5) is 26.1. The van der Waals surface area contributed by atoms with E-state index in [1.165, 1.54) is 11.3 Å². The Hall–Kier alpha value is -2.05. The number of primary amides is 1. The minimum absolute atomic E-state index is 0.192. The predicted octanol–water partition coefficient (Wildman–Crippen LogP) is 5.30. The maximum Gasteiger partial charge on any atom is 0.256 e. The molecule has 2 aromatic rings. The van der Waals surface area contributed by atoms with Crippen LogP contribution in [0, 0.1) is 11.3 Å². The van der Waals surface area contributed by atoms with Crippen LogP contribution in [0.5, 0.6) is 5.75 Å². The van der Waals surface area contributed by atoms with E-state index in [1.54, 1.807) is 18.2 Å². The number of nitrogens with two attached hydrogens (primary N) is 1. The Kier molecular flexibility index (Phi) is 6.24. The Morgan fingerprint density at radius 2 is 2.07 bits per heavy atom. The van der Waals surface area contributed by atoms with Crippen molar-refractivity contribution in [3.05, 3.63) is 44.8 Å². The lowest BCUT2D eigenvalue weighted by molar-refractivity contribution is 0.1000. The molecule has 0 aliphatic heterocycles. The lowest BCUT2D eigenvalue weighted by atomic mass is 9.72. The van der Waals surface area contributed by atoms with E-state index in [-0.39, 0.29) is 11.3 Å². The highest BCUT2D eigenvalue weighted by atomic mass is 35.5. The van der Waals surface area contributed by atoms with Crippen LogP contribution in [0.1, 0.15) is 65.3 Å². The molecule has 1 aromatic heterocycles. The van der Waals surface area contributed by atoms with Gasteiger partial charge in [-0.15, -0.1) is 11.3 Å². The van der Waals surface area contributed by atoms with Gasteiger partial charge in [0.2, 0.25) is 0 Å². The van der Waals surface area contributed by atoms with Gasteiger partial charge in [0.15, 0.2) is 0 Å². The molecule has 0 fully saturated rings. The molecule has 0 spiro atoms. The monoisotopic (exact) mass is 434 g/mol. The van der Waals surface area contributed by atoms with E-state index in [9.17, 15) is 9.59 Å². The van der Waals surface area contributed by atoms with Crippen LogP contribution in [0.4, 0.5) is 5.00 Å². The number of carbonyl (C=O) groups excluding carboxylic acids is 2. The molecule has 1 heterocycles. The average molecular weight is 435 g/mol. The molecule has 3 rings (SSSR count). The highest BCUT2D eigenvalue weighted by Crippen LogP contribution is 2.44. The molecule has 1 unspecified atom stereocenters. The molecule has 0 saturated heterocycles. The molecule has 7 heteroatoms. The molecule has 1 aliphatic rings. The number of amides is 2. The number of rotatable bonds is 5. The van der Waals surface area contributed by atoms with E-state index < -0.39 is 5.91 Å². The molecule has 0 radical (unpaired) electrons. The summed E-state index contributed by atoms with van der Waals surface area (Å²) in [5, 5.41) is 3.77. The van der Waals surface area contributed by atoms with Crippen molar-refractivity contribution in [2.45, 2.75) is 47.0 Å². The van der Waals surface area contributed by atoms with Crippen molar-refractivity contribution >= 4 is 39.8 Å². The summed E-state index contributed by atoms with van der Waals surface area (Å²) in [6.45, 7) is 9.07. The summed E-state index contributed by atoms with van der Waals surface area (Å²) in [7, 11) is 0. The van der Waals surface area contributed by atoms with E-state index in [4.69, 9.17) is 22.1 Å². The Morgan fingerprint density at radius 1 is 1.34 bits per heavy atom. The molecule has 0 bridgehead atoms. The summed E-state index contributed by atoms with van der Waals surface area (Å²) in [5.74, 6) is 0.228. The number of thiophene rings is 1. The predicted molar refractivity (Wildman–Crippen MR) is 118 cm³/mol. The number of anilines is 1. The topological polar surface area (TPSA) is 81.4 Å². The summed E-state index contributed by atoms with van der Waals surface area (Å²) in [5.41, 5.74) is 7.70. The number of benzene rings is 1. The van der Waals surface area contributed by atoms with Crippen molar-refractivity contribution in [3.8, 4) is 5.75 Å². The lowest BCUT2D eigenvalue weighted by Gasteiger charge is -2.33. The van der Waals surface area contributed by atoms with E-state index in [2.05, 4.69) is 26.1 Å². The zero-order valence-electron chi connectivity index (χ0n) is 17.2. The van der Waals surface area contributed by atoms with Gasteiger partial charge in [0, 0.05) is 10.4 Å². The molecule has 1 atom stereocenters. The maximum atomic E-state index is 12.8. The maximum absolute atomic E-state index is 12.8. The first-order valence-electron chi connectivity index (χ1n) is 9.79. The number of carbonyl (C=O) groups is 2. The molecule has 2 amide bonds. The van der Waals surface area contributed by atoms with Crippen LogP contribution in [-0.4, -0.2) is 18.4 Å². The fourth-order valence-electron chi connectivity index (χ4n) is 3.76. The Labute approximate surface area is 180 Å². The van der Waals surface area contributed by atoms with Gasteiger partial charge < -0.3 is 15.8 Å². The molecule has 5 nitrogen and oxygen atoms in total. The van der Waals surface area contributed by atoms with E-state index >= 15 is 0 Å². The molecular formula is C22H27ClN2O3S. The van der Waals surface area contributed by atoms with Crippen LogP contribution < -0.4 is 15.8 Å². The first kappa shape index (κ1) is 21.7. The third kappa shape index (κ3) is 4.59. The minimum Gasteiger partial charge on any atom is -0.492 e. The normalized spacial score (nSPS) is 16.2. The average Bonchev–Trinajstić information content (AvgIpc) is 2.99. The molecular weight excluding hydrogens is 408 g/mol. The van der Waals surface area contributed by atoms with Gasteiger partial charge >= 0.3 is 0 Å². The number of hydrogen-bond donors (Lipinski definition) is 2. The van der Waals surface area contributed by atoms with Gasteiger partial charge in [-0.2, -0.15) is 0 Å². The minimum atomic E-state index is -0.503. The lowest BCUT2D eigenvalue weighted by Crippen LogP contribution is -2.27. The van der Waals surface area contributed by atoms with Crippen LogP contribution in [0.15, 0.2) is 18.2 Å². The fraction of sp³-hybridized carbons (Fsp3) is 0.455. The van der Waals surface area contributed by atoms with Gasteiger partial charge in [0.05, 0.1) is 17.2 Å². The Bertz CT molecular complexity index is 946. The van der Waals surface area contributed by atoms with Crippen LogP contribution in [0.2, 0.25) is 5.02 Å². The van der Waals surface area contributed by atoms with Crippen molar-refractivity contribution in [2.24, 2.45) is 17.1 Å². The SMILES string of the molecule is CCOc1ccc(C(=O)Nc2sc3c(c2C(N)=O)CCC(C(C)(C)C)C3)cc1Cl. The van der Waals surface area contributed by atoms with E-state index in [1.807, 2.05) is 6.92 Å². The summed E-state index contributed by atoms with van der Waals surface area (Å²) < 4.78 is 5.41. The molecule has 3 N–H and O–H groups in total. The van der Waals surface area contributed by atoms with Crippen molar-refractivity contribution < 1.29 is 14.3 Å². The number of hydrogen-bond acceptors (Lipinski definition) is 4. The van der Waals surface area contributed by atoms with Crippen LogP contribution in [0.25, 0.3) is 0 Å². The van der Waals surface area contributed by atoms with Gasteiger partial charge in [0.25, 0.3) is 11.8 Å². The zero-order chi connectivity index (χ0) is 21.3.